The molecule has 0 spiro atoms. The highest BCUT2D eigenvalue weighted by Gasteiger charge is 2.47. The van der Waals surface area contributed by atoms with E-state index in [9.17, 15) is 22.6 Å². The third kappa shape index (κ3) is 17.4. The van der Waals surface area contributed by atoms with Crippen LogP contribution < -0.4 is 0 Å². The molecule has 0 aromatic heterocycles. The fourth-order valence-electron chi connectivity index (χ4n) is 4.71. The normalized spacial score (nSPS) is 16.0. The molecule has 1 unspecified atom stereocenters. The minimum atomic E-state index is -4.60. The van der Waals surface area contributed by atoms with Gasteiger partial charge in [0.1, 0.15) is 0 Å². The second-order valence-electron chi connectivity index (χ2n) is 13.0. The number of hydrogen-bond donors (Lipinski definition) is 0. The second kappa shape index (κ2) is 22.0. The van der Waals surface area contributed by atoms with E-state index in [1.165, 1.54) is 16.7 Å². The van der Waals surface area contributed by atoms with Gasteiger partial charge in [-0.25, -0.2) is 0 Å². The highest BCUT2D eigenvalue weighted by molar-refractivity contribution is 7.94. The third-order valence-electron chi connectivity index (χ3n) is 7.59. The summed E-state index contributed by atoms with van der Waals surface area (Å²) in [5.74, 6) is -2.20. The summed E-state index contributed by atoms with van der Waals surface area (Å²) in [7, 11) is -9.08. The molecule has 0 aromatic rings. The molecule has 12 heteroatoms. The molecule has 1 fully saturated rings. The average Bonchev–Trinajstić information content (AvgIpc) is 2.96. The van der Waals surface area contributed by atoms with Crippen LogP contribution in [-0.4, -0.2) is 45.0 Å². The van der Waals surface area contributed by atoms with Gasteiger partial charge in [-0.1, -0.05) is 81.9 Å². The maximum atomic E-state index is 14.2. The van der Waals surface area contributed by atoms with Gasteiger partial charge in [-0.3, -0.25) is 27.4 Å². The van der Waals surface area contributed by atoms with Crippen LogP contribution in [0.1, 0.15) is 132 Å². The summed E-state index contributed by atoms with van der Waals surface area (Å²) >= 11 is 0. The number of carbonyl (C=O) groups excluding carboxylic acids is 2. The molecule has 0 aromatic carbocycles. The Labute approximate surface area is 278 Å². The van der Waals surface area contributed by atoms with Crippen molar-refractivity contribution in [2.24, 2.45) is 11.8 Å². The smallest absolute Gasteiger partial charge is 0.357 e. The van der Waals surface area contributed by atoms with E-state index in [-0.39, 0.29) is 6.42 Å². The van der Waals surface area contributed by atoms with Gasteiger partial charge in [0.2, 0.25) is 13.6 Å². The van der Waals surface area contributed by atoms with E-state index in [1.807, 2.05) is 6.92 Å². The van der Waals surface area contributed by atoms with Gasteiger partial charge in [-0.05, 0) is 85.5 Å². The van der Waals surface area contributed by atoms with E-state index in [2.05, 4.69) is 39.0 Å². The van der Waals surface area contributed by atoms with Crippen molar-refractivity contribution in [3.63, 3.8) is 0 Å². The van der Waals surface area contributed by atoms with Crippen LogP contribution in [0.25, 0.3) is 0 Å². The molecule has 0 saturated heterocycles. The molecule has 1 saturated carbocycles. The Hall–Kier alpha value is -1.78. The van der Waals surface area contributed by atoms with Crippen molar-refractivity contribution < 1.29 is 45.3 Å². The van der Waals surface area contributed by atoms with Crippen LogP contribution in [0.15, 0.2) is 34.9 Å². The third-order valence-corrected chi connectivity index (χ3v) is 12.5. The molecular formula is C34H59O10PS. The number of hydrogen-bond acceptors (Lipinski definition) is 10. The number of rotatable bonds is 22. The standard InChI is InChI=1S/C34H59O10PS/c1-26(2)16-14-18-30(8)20-15-19-29(7)17-12-13-23-32(46(38,39)44-31-21-10-9-11-22-31)45(37,42-24-40-33(35)27(3)4)43-25-41-34(36)28(5)6/h16-17,20,27-28,31-32H,9-15,18-19,21-25H2,1-8H3/b29-17+,30-20+. The van der Waals surface area contributed by atoms with Crippen molar-refractivity contribution in [1.29, 1.82) is 0 Å². The van der Waals surface area contributed by atoms with Crippen LogP contribution in [-0.2, 0) is 47.0 Å². The Morgan fingerprint density at radius 2 is 1.24 bits per heavy atom. The van der Waals surface area contributed by atoms with Gasteiger partial charge in [-0.15, -0.1) is 0 Å². The SMILES string of the molecule is CC(C)=CCC/C(C)=C/CC/C(C)=C/CCCC(P(=O)(OCOC(=O)C(C)C)OCOC(=O)C(C)C)S(=O)(=O)OC1CCCCC1. The summed E-state index contributed by atoms with van der Waals surface area (Å²) in [5.41, 5.74) is 3.84. The Morgan fingerprint density at radius 1 is 0.761 bits per heavy atom. The largest absolute Gasteiger partial charge is 0.438 e. The first-order chi connectivity index (χ1) is 21.6. The fourth-order valence-corrected chi connectivity index (χ4v) is 8.95. The van der Waals surface area contributed by atoms with Gasteiger partial charge >= 0.3 is 19.5 Å². The second-order valence-corrected chi connectivity index (χ2v) is 17.3. The van der Waals surface area contributed by atoms with Gasteiger partial charge in [-0.2, -0.15) is 8.42 Å². The van der Waals surface area contributed by atoms with Crippen molar-refractivity contribution in [1.82, 2.24) is 0 Å². The molecule has 1 aliphatic rings. The lowest BCUT2D eigenvalue weighted by molar-refractivity contribution is -0.156. The van der Waals surface area contributed by atoms with Gasteiger partial charge in [0.05, 0.1) is 17.9 Å². The molecule has 0 bridgehead atoms. The minimum absolute atomic E-state index is 0.101. The highest BCUT2D eigenvalue weighted by atomic mass is 32.2. The number of esters is 2. The van der Waals surface area contributed by atoms with Crippen molar-refractivity contribution in [2.75, 3.05) is 13.6 Å². The van der Waals surface area contributed by atoms with Crippen LogP contribution in [0.4, 0.5) is 0 Å². The topological polar surface area (TPSA) is 131 Å². The summed E-state index contributed by atoms with van der Waals surface area (Å²) in [6.07, 6.45) is 14.5. The molecule has 10 nitrogen and oxygen atoms in total. The summed E-state index contributed by atoms with van der Waals surface area (Å²) < 4.78 is 68.2. The Bertz CT molecular complexity index is 1150. The highest BCUT2D eigenvalue weighted by Crippen LogP contribution is 2.57. The van der Waals surface area contributed by atoms with Crippen LogP contribution in [0.5, 0.6) is 0 Å². The van der Waals surface area contributed by atoms with E-state index in [1.54, 1.807) is 27.7 Å². The van der Waals surface area contributed by atoms with Crippen molar-refractivity contribution in [3.8, 4) is 0 Å². The predicted molar refractivity (Wildman–Crippen MR) is 181 cm³/mol. The van der Waals surface area contributed by atoms with E-state index in [0.29, 0.717) is 25.7 Å². The van der Waals surface area contributed by atoms with E-state index < -0.39 is 66.2 Å². The number of ether oxygens (including phenoxy) is 2. The van der Waals surface area contributed by atoms with Crippen LogP contribution in [0.2, 0.25) is 0 Å². The Balaban J connectivity index is 3.09. The van der Waals surface area contributed by atoms with Crippen molar-refractivity contribution in [2.45, 2.75) is 144 Å². The number of allylic oxidation sites excluding steroid dienone is 6. The maximum absolute atomic E-state index is 14.2. The molecule has 0 heterocycles. The van der Waals surface area contributed by atoms with E-state index >= 15 is 0 Å². The monoisotopic (exact) mass is 690 g/mol. The molecule has 266 valence electrons. The van der Waals surface area contributed by atoms with Gasteiger partial charge in [0.25, 0.3) is 10.1 Å². The molecular weight excluding hydrogens is 631 g/mol. The molecule has 0 aliphatic heterocycles. The Morgan fingerprint density at radius 3 is 1.72 bits per heavy atom. The summed E-state index contributed by atoms with van der Waals surface area (Å²) in [6, 6.07) is 0. The molecule has 1 rings (SSSR count). The lowest BCUT2D eigenvalue weighted by Crippen LogP contribution is -2.31. The average molecular weight is 691 g/mol. The predicted octanol–water partition coefficient (Wildman–Crippen LogP) is 9.12. The van der Waals surface area contributed by atoms with Crippen LogP contribution in [0.3, 0.4) is 0 Å². The van der Waals surface area contributed by atoms with Gasteiger partial charge in [0, 0.05) is 0 Å². The zero-order valence-corrected chi connectivity index (χ0v) is 31.1. The lowest BCUT2D eigenvalue weighted by atomic mass is 9.98. The zero-order chi connectivity index (χ0) is 34.8. The quantitative estimate of drug-likeness (QED) is 0.0271. The minimum Gasteiger partial charge on any atom is -0.438 e. The van der Waals surface area contributed by atoms with Crippen molar-refractivity contribution in [3.05, 3.63) is 34.9 Å². The fraction of sp³-hybridized carbons (Fsp3) is 0.765. The number of carbonyl (C=O) groups is 2. The molecule has 1 aliphatic carbocycles. The van der Waals surface area contributed by atoms with Crippen molar-refractivity contribution >= 4 is 29.7 Å². The van der Waals surface area contributed by atoms with Crippen LogP contribution in [0, 0.1) is 11.8 Å². The summed E-state index contributed by atoms with van der Waals surface area (Å²) in [4.78, 5) is 22.4. The first kappa shape index (κ1) is 42.2. The summed E-state index contributed by atoms with van der Waals surface area (Å²) in [6.45, 7) is 13.3. The summed E-state index contributed by atoms with van der Waals surface area (Å²) in [5, 5.41) is 0. The number of unbranched alkanes of at least 4 members (excludes halogenated alkanes) is 1. The molecule has 0 radical (unpaired) electrons. The van der Waals surface area contributed by atoms with E-state index in [4.69, 9.17) is 22.7 Å². The van der Waals surface area contributed by atoms with Gasteiger partial charge < -0.3 is 9.47 Å². The maximum Gasteiger partial charge on any atom is 0.357 e. The first-order valence-electron chi connectivity index (χ1n) is 16.7. The zero-order valence-electron chi connectivity index (χ0n) is 29.4. The van der Waals surface area contributed by atoms with Crippen LogP contribution >= 0.6 is 7.60 Å². The molecule has 1 atom stereocenters. The lowest BCUT2D eigenvalue weighted by Gasteiger charge is -2.29. The Kier molecular flexibility index (Phi) is 20.2. The van der Waals surface area contributed by atoms with E-state index in [0.717, 1.165) is 44.9 Å². The first-order valence-corrected chi connectivity index (χ1v) is 19.7. The molecule has 46 heavy (non-hydrogen) atoms. The molecule has 0 N–H and O–H groups in total. The van der Waals surface area contributed by atoms with Gasteiger partial charge in [0.15, 0.2) is 4.99 Å². The molecule has 0 amide bonds.